The first-order valence-electron chi connectivity index (χ1n) is 7.45. The van der Waals surface area contributed by atoms with Crippen molar-refractivity contribution >= 4 is 5.91 Å². The maximum absolute atomic E-state index is 12.8. The van der Waals surface area contributed by atoms with Crippen LogP contribution < -0.4 is 14.8 Å². The summed E-state index contributed by atoms with van der Waals surface area (Å²) in [5.74, 6) is 0.836. The number of rotatable bonds is 7. The monoisotopic (exact) mass is 317 g/mol. The molecule has 2 aromatic rings. The maximum Gasteiger partial charge on any atom is 0.261 e. The molecule has 0 radical (unpaired) electrons. The van der Waals surface area contributed by atoms with Gasteiger partial charge in [0.15, 0.2) is 6.10 Å². The number of halogens is 1. The van der Waals surface area contributed by atoms with Crippen LogP contribution in [-0.2, 0) is 11.3 Å². The van der Waals surface area contributed by atoms with Crippen LogP contribution in [0.1, 0.15) is 18.9 Å². The minimum atomic E-state index is -0.580. The molecule has 1 atom stereocenters. The summed E-state index contributed by atoms with van der Waals surface area (Å²) in [6.45, 7) is 2.22. The molecule has 122 valence electrons. The molecule has 0 spiro atoms. The number of ether oxygens (including phenoxy) is 2. The lowest BCUT2D eigenvalue weighted by Crippen LogP contribution is -2.37. The molecule has 0 aliphatic heterocycles. The highest BCUT2D eigenvalue weighted by atomic mass is 19.1. The van der Waals surface area contributed by atoms with Gasteiger partial charge in [0.1, 0.15) is 17.3 Å². The highest BCUT2D eigenvalue weighted by molar-refractivity contribution is 5.81. The molecule has 2 aromatic carbocycles. The Hall–Kier alpha value is -2.56. The Bertz CT molecular complexity index is 626. The van der Waals surface area contributed by atoms with Crippen LogP contribution in [0.2, 0.25) is 0 Å². The van der Waals surface area contributed by atoms with Crippen LogP contribution in [0.3, 0.4) is 0 Å². The molecule has 2 rings (SSSR count). The van der Waals surface area contributed by atoms with Gasteiger partial charge in [-0.3, -0.25) is 4.79 Å². The van der Waals surface area contributed by atoms with E-state index in [-0.39, 0.29) is 11.7 Å². The lowest BCUT2D eigenvalue weighted by Gasteiger charge is -2.17. The first-order valence-corrected chi connectivity index (χ1v) is 7.45. The molecule has 5 heteroatoms. The van der Waals surface area contributed by atoms with E-state index in [0.29, 0.717) is 18.7 Å². The molecule has 0 aromatic heterocycles. The minimum absolute atomic E-state index is 0.201. The van der Waals surface area contributed by atoms with Crippen molar-refractivity contribution in [1.29, 1.82) is 0 Å². The van der Waals surface area contributed by atoms with Crippen molar-refractivity contribution in [3.8, 4) is 11.5 Å². The van der Waals surface area contributed by atoms with E-state index in [1.807, 2.05) is 6.92 Å². The van der Waals surface area contributed by atoms with Crippen molar-refractivity contribution < 1.29 is 18.7 Å². The largest absolute Gasteiger partial charge is 0.497 e. The number of benzene rings is 2. The number of amides is 1. The first kappa shape index (κ1) is 16.8. The van der Waals surface area contributed by atoms with E-state index in [1.54, 1.807) is 43.5 Å². The van der Waals surface area contributed by atoms with Gasteiger partial charge in [-0.2, -0.15) is 0 Å². The number of carbonyl (C=O) groups excluding carboxylic acids is 1. The topological polar surface area (TPSA) is 47.6 Å². The normalized spacial score (nSPS) is 11.6. The van der Waals surface area contributed by atoms with Gasteiger partial charge in [0.25, 0.3) is 5.91 Å². The Labute approximate surface area is 135 Å². The Kier molecular flexibility index (Phi) is 5.97. The first-order chi connectivity index (χ1) is 11.1. The number of nitrogens with one attached hydrogen (secondary N) is 1. The Morgan fingerprint density at radius 1 is 1.09 bits per heavy atom. The highest BCUT2D eigenvalue weighted by Gasteiger charge is 2.18. The van der Waals surface area contributed by atoms with Gasteiger partial charge in [0, 0.05) is 6.54 Å². The standard InChI is InChI=1S/C18H20FNO3/c1-3-17(23-16-10-8-15(22-2)9-11-16)18(21)20-12-13-4-6-14(19)7-5-13/h4-11,17H,3,12H2,1-2H3,(H,20,21)/t17-/m0/s1. The minimum Gasteiger partial charge on any atom is -0.497 e. The second-order valence-corrected chi connectivity index (χ2v) is 5.03. The van der Waals surface area contributed by atoms with E-state index < -0.39 is 6.10 Å². The molecule has 0 saturated heterocycles. The molecule has 0 aliphatic rings. The van der Waals surface area contributed by atoms with Gasteiger partial charge < -0.3 is 14.8 Å². The molecule has 23 heavy (non-hydrogen) atoms. The molecular weight excluding hydrogens is 297 g/mol. The van der Waals surface area contributed by atoms with Gasteiger partial charge in [-0.15, -0.1) is 0 Å². The van der Waals surface area contributed by atoms with Crippen molar-refractivity contribution in [2.24, 2.45) is 0 Å². The average Bonchev–Trinajstić information content (AvgIpc) is 2.59. The van der Waals surface area contributed by atoms with Crippen molar-refractivity contribution in [2.45, 2.75) is 26.0 Å². The van der Waals surface area contributed by atoms with Crippen LogP contribution in [0.4, 0.5) is 4.39 Å². The van der Waals surface area contributed by atoms with Crippen molar-refractivity contribution in [1.82, 2.24) is 5.32 Å². The number of carbonyl (C=O) groups is 1. The molecule has 0 saturated carbocycles. The number of hydrogen-bond donors (Lipinski definition) is 1. The van der Waals surface area contributed by atoms with Gasteiger partial charge >= 0.3 is 0 Å². The van der Waals surface area contributed by atoms with Crippen LogP contribution in [-0.4, -0.2) is 19.1 Å². The smallest absolute Gasteiger partial charge is 0.261 e. The molecule has 0 unspecified atom stereocenters. The van der Waals surface area contributed by atoms with Crippen molar-refractivity contribution in [3.05, 3.63) is 59.9 Å². The zero-order valence-corrected chi connectivity index (χ0v) is 13.2. The Morgan fingerprint density at radius 3 is 2.26 bits per heavy atom. The van der Waals surface area contributed by atoms with E-state index in [2.05, 4.69) is 5.32 Å². The molecule has 0 heterocycles. The summed E-state index contributed by atoms with van der Waals surface area (Å²) in [7, 11) is 1.59. The van der Waals surface area contributed by atoms with Gasteiger partial charge in [0.05, 0.1) is 7.11 Å². The third kappa shape index (κ3) is 4.98. The summed E-state index contributed by atoms with van der Waals surface area (Å²) < 4.78 is 23.6. The summed E-state index contributed by atoms with van der Waals surface area (Å²) in [6.07, 6.45) is -0.0368. The van der Waals surface area contributed by atoms with Crippen molar-refractivity contribution in [2.75, 3.05) is 7.11 Å². The summed E-state index contributed by atoms with van der Waals surface area (Å²) in [6, 6.07) is 13.1. The van der Waals surface area contributed by atoms with Crippen LogP contribution in [0.5, 0.6) is 11.5 Å². The fourth-order valence-electron chi connectivity index (χ4n) is 2.05. The molecule has 4 nitrogen and oxygen atoms in total. The zero-order chi connectivity index (χ0) is 16.7. The summed E-state index contributed by atoms with van der Waals surface area (Å²) in [5, 5.41) is 2.80. The van der Waals surface area contributed by atoms with E-state index in [0.717, 1.165) is 11.3 Å². The zero-order valence-electron chi connectivity index (χ0n) is 13.2. The van der Waals surface area contributed by atoms with Gasteiger partial charge in [-0.05, 0) is 48.4 Å². The van der Waals surface area contributed by atoms with E-state index in [9.17, 15) is 9.18 Å². The highest BCUT2D eigenvalue weighted by Crippen LogP contribution is 2.19. The van der Waals surface area contributed by atoms with Crippen LogP contribution in [0.25, 0.3) is 0 Å². The second-order valence-electron chi connectivity index (χ2n) is 5.03. The molecule has 0 aliphatic carbocycles. The molecular formula is C18H20FNO3. The third-order valence-corrected chi connectivity index (χ3v) is 3.38. The lowest BCUT2D eigenvalue weighted by atomic mass is 10.2. The van der Waals surface area contributed by atoms with Crippen molar-refractivity contribution in [3.63, 3.8) is 0 Å². The van der Waals surface area contributed by atoms with Gasteiger partial charge in [-0.1, -0.05) is 19.1 Å². The van der Waals surface area contributed by atoms with Gasteiger partial charge in [-0.25, -0.2) is 4.39 Å². The van der Waals surface area contributed by atoms with Crippen LogP contribution in [0.15, 0.2) is 48.5 Å². The van der Waals surface area contributed by atoms with E-state index in [1.165, 1.54) is 12.1 Å². The quantitative estimate of drug-likeness (QED) is 0.852. The SMILES string of the molecule is CC[C@H](Oc1ccc(OC)cc1)C(=O)NCc1ccc(F)cc1. The lowest BCUT2D eigenvalue weighted by molar-refractivity contribution is -0.128. The maximum atomic E-state index is 12.8. The fraction of sp³-hybridized carbons (Fsp3) is 0.278. The Morgan fingerprint density at radius 2 is 1.70 bits per heavy atom. The van der Waals surface area contributed by atoms with Crippen LogP contribution in [0, 0.1) is 5.82 Å². The fourth-order valence-corrected chi connectivity index (χ4v) is 2.05. The second kappa shape index (κ2) is 8.17. The van der Waals surface area contributed by atoms with Crippen LogP contribution >= 0.6 is 0 Å². The molecule has 0 fully saturated rings. The predicted molar refractivity (Wildman–Crippen MR) is 85.9 cm³/mol. The summed E-state index contributed by atoms with van der Waals surface area (Å²) in [5.41, 5.74) is 0.832. The number of methoxy groups -OCH3 is 1. The van der Waals surface area contributed by atoms with Gasteiger partial charge in [0.2, 0.25) is 0 Å². The molecule has 1 N–H and O–H groups in total. The summed E-state index contributed by atoms with van der Waals surface area (Å²) >= 11 is 0. The predicted octanol–water partition coefficient (Wildman–Crippen LogP) is 3.31. The third-order valence-electron chi connectivity index (χ3n) is 3.38. The Balaban J connectivity index is 1.90. The number of hydrogen-bond acceptors (Lipinski definition) is 3. The average molecular weight is 317 g/mol. The van der Waals surface area contributed by atoms with E-state index >= 15 is 0 Å². The molecule has 1 amide bonds. The molecule has 0 bridgehead atoms. The van der Waals surface area contributed by atoms with E-state index in [4.69, 9.17) is 9.47 Å². The summed E-state index contributed by atoms with van der Waals surface area (Å²) in [4.78, 5) is 12.2.